The molecule has 5 rings (SSSR count). The molecule has 0 saturated carbocycles. The average Bonchev–Trinajstić information content (AvgIpc) is 3.48. The van der Waals surface area contributed by atoms with Gasteiger partial charge < -0.3 is 20.1 Å². The fourth-order valence-corrected chi connectivity index (χ4v) is 5.30. The van der Waals surface area contributed by atoms with Crippen molar-refractivity contribution in [3.05, 3.63) is 113 Å². The van der Waals surface area contributed by atoms with E-state index in [-0.39, 0.29) is 24.4 Å². The third-order valence-electron chi connectivity index (χ3n) is 6.09. The molecule has 182 valence electrons. The molecule has 1 aliphatic rings. The Bertz CT molecular complexity index is 1380. The Kier molecular flexibility index (Phi) is 7.23. The Morgan fingerprint density at radius 2 is 1.83 bits per heavy atom. The van der Waals surface area contributed by atoms with Gasteiger partial charge in [-0.25, -0.2) is 0 Å². The number of para-hydroxylation sites is 1. The summed E-state index contributed by atoms with van der Waals surface area (Å²) in [6.45, 7) is 0.429. The highest BCUT2D eigenvalue weighted by Gasteiger charge is 2.41. The fraction of sp³-hybridized carbons (Fsp3) is 0.148. The van der Waals surface area contributed by atoms with E-state index in [1.54, 1.807) is 12.3 Å². The summed E-state index contributed by atoms with van der Waals surface area (Å²) < 4.78 is 2.03. The standard InChI is InChI=1S/C27H23Cl2N5OS/c28-18-11-12-22(20(29)17-18)33-15-6-10-23(33)26-25(21-9-4-5-14-30-21)32-27(36)34(26)16-13-24(35)31-19-7-2-1-3-8-19/h1-12,14-15,17,25-26H,13,16H2,(H,31,35)(H,32,36)/t25-,26-/m0/s1. The zero-order valence-electron chi connectivity index (χ0n) is 19.1. The van der Waals surface area contributed by atoms with Crippen LogP contribution in [0.3, 0.4) is 0 Å². The van der Waals surface area contributed by atoms with Gasteiger partial charge in [-0.05, 0) is 66.8 Å². The summed E-state index contributed by atoms with van der Waals surface area (Å²) >= 11 is 18.5. The molecule has 2 aromatic carbocycles. The first-order chi connectivity index (χ1) is 17.5. The number of rotatable bonds is 7. The van der Waals surface area contributed by atoms with Crippen LogP contribution >= 0.6 is 35.4 Å². The van der Waals surface area contributed by atoms with Gasteiger partial charge in [0.2, 0.25) is 5.91 Å². The summed E-state index contributed by atoms with van der Waals surface area (Å²) in [7, 11) is 0. The number of carbonyl (C=O) groups is 1. The lowest BCUT2D eigenvalue weighted by Crippen LogP contribution is -2.33. The van der Waals surface area contributed by atoms with Gasteiger partial charge in [-0.1, -0.05) is 47.5 Å². The molecule has 1 amide bonds. The number of hydrogen-bond acceptors (Lipinski definition) is 3. The molecule has 4 aromatic rings. The molecule has 2 N–H and O–H groups in total. The van der Waals surface area contributed by atoms with E-state index in [1.165, 1.54) is 0 Å². The number of benzene rings is 2. The Morgan fingerprint density at radius 1 is 1.03 bits per heavy atom. The summed E-state index contributed by atoms with van der Waals surface area (Å²) in [5.41, 5.74) is 3.39. The van der Waals surface area contributed by atoms with Crippen LogP contribution in [-0.4, -0.2) is 32.0 Å². The topological polar surface area (TPSA) is 62.2 Å². The van der Waals surface area contributed by atoms with Crippen molar-refractivity contribution in [2.75, 3.05) is 11.9 Å². The second-order valence-electron chi connectivity index (χ2n) is 8.38. The summed E-state index contributed by atoms with van der Waals surface area (Å²) in [5.74, 6) is -0.0832. The number of aromatic nitrogens is 2. The van der Waals surface area contributed by atoms with Crippen molar-refractivity contribution < 1.29 is 4.79 Å². The Balaban J connectivity index is 1.47. The van der Waals surface area contributed by atoms with E-state index < -0.39 is 0 Å². The molecule has 6 nitrogen and oxygen atoms in total. The zero-order valence-corrected chi connectivity index (χ0v) is 21.5. The van der Waals surface area contributed by atoms with E-state index in [1.807, 2.05) is 83.6 Å². The number of halogens is 2. The molecule has 0 radical (unpaired) electrons. The average molecular weight is 536 g/mol. The van der Waals surface area contributed by atoms with Crippen molar-refractivity contribution in [2.45, 2.75) is 18.5 Å². The molecular weight excluding hydrogens is 513 g/mol. The van der Waals surface area contributed by atoms with Crippen LogP contribution in [0, 0.1) is 0 Å². The Morgan fingerprint density at radius 3 is 2.58 bits per heavy atom. The molecule has 1 aliphatic heterocycles. The maximum Gasteiger partial charge on any atom is 0.226 e. The minimum atomic E-state index is -0.223. The van der Waals surface area contributed by atoms with Gasteiger partial charge in [-0.3, -0.25) is 9.78 Å². The second kappa shape index (κ2) is 10.7. The summed E-state index contributed by atoms with van der Waals surface area (Å²) in [5, 5.41) is 8.05. The van der Waals surface area contributed by atoms with Gasteiger partial charge in [0.25, 0.3) is 0 Å². The number of carbonyl (C=O) groups excluding carboxylic acids is 1. The number of pyridine rings is 1. The van der Waals surface area contributed by atoms with E-state index in [0.717, 1.165) is 22.8 Å². The molecule has 0 spiro atoms. The fourth-order valence-electron chi connectivity index (χ4n) is 4.47. The summed E-state index contributed by atoms with van der Waals surface area (Å²) in [4.78, 5) is 19.4. The number of hydrogen-bond donors (Lipinski definition) is 2. The Hall–Kier alpha value is -3.39. The summed E-state index contributed by atoms with van der Waals surface area (Å²) in [6.07, 6.45) is 3.99. The van der Waals surface area contributed by atoms with Gasteiger partial charge in [-0.2, -0.15) is 0 Å². The van der Waals surface area contributed by atoms with Gasteiger partial charge in [0.05, 0.1) is 28.5 Å². The smallest absolute Gasteiger partial charge is 0.226 e. The first-order valence-electron chi connectivity index (χ1n) is 11.5. The van der Waals surface area contributed by atoms with E-state index >= 15 is 0 Å². The van der Waals surface area contributed by atoms with Crippen LogP contribution < -0.4 is 10.6 Å². The van der Waals surface area contributed by atoms with Crippen molar-refractivity contribution in [3.63, 3.8) is 0 Å². The monoisotopic (exact) mass is 535 g/mol. The van der Waals surface area contributed by atoms with Crippen LogP contribution in [0.5, 0.6) is 0 Å². The van der Waals surface area contributed by atoms with Gasteiger partial charge >= 0.3 is 0 Å². The number of thiocarbonyl (C=S) groups is 1. The number of amides is 1. The van der Waals surface area contributed by atoms with Crippen LogP contribution in [0.4, 0.5) is 5.69 Å². The predicted molar refractivity (Wildman–Crippen MR) is 148 cm³/mol. The quantitative estimate of drug-likeness (QED) is 0.276. The molecule has 2 atom stereocenters. The van der Waals surface area contributed by atoms with Gasteiger partial charge in [-0.15, -0.1) is 0 Å². The second-order valence-corrected chi connectivity index (χ2v) is 9.61. The van der Waals surface area contributed by atoms with Crippen molar-refractivity contribution in [1.82, 2.24) is 19.8 Å². The largest absolute Gasteiger partial charge is 0.352 e. The minimum Gasteiger partial charge on any atom is -0.352 e. The molecule has 1 saturated heterocycles. The third-order valence-corrected chi connectivity index (χ3v) is 6.98. The molecular formula is C27H23Cl2N5OS. The van der Waals surface area contributed by atoms with E-state index in [2.05, 4.69) is 20.5 Å². The maximum absolute atomic E-state index is 12.7. The first kappa shape index (κ1) is 24.3. The van der Waals surface area contributed by atoms with Gasteiger partial charge in [0.15, 0.2) is 5.11 Å². The molecule has 2 aromatic heterocycles. The molecule has 36 heavy (non-hydrogen) atoms. The van der Waals surface area contributed by atoms with E-state index in [4.69, 9.17) is 35.4 Å². The lowest BCUT2D eigenvalue weighted by molar-refractivity contribution is -0.116. The van der Waals surface area contributed by atoms with E-state index in [9.17, 15) is 4.79 Å². The van der Waals surface area contributed by atoms with Crippen molar-refractivity contribution in [2.24, 2.45) is 0 Å². The molecule has 1 fully saturated rings. The molecule has 9 heteroatoms. The van der Waals surface area contributed by atoms with Gasteiger partial charge in [0.1, 0.15) is 0 Å². The highest BCUT2D eigenvalue weighted by atomic mass is 35.5. The minimum absolute atomic E-state index is 0.0832. The number of anilines is 1. The Labute approximate surface area is 224 Å². The highest BCUT2D eigenvalue weighted by Crippen LogP contribution is 2.40. The van der Waals surface area contributed by atoms with Crippen LogP contribution in [0.2, 0.25) is 10.0 Å². The predicted octanol–water partition coefficient (Wildman–Crippen LogP) is 6.18. The highest BCUT2D eigenvalue weighted by molar-refractivity contribution is 7.80. The zero-order chi connectivity index (χ0) is 25.1. The van der Waals surface area contributed by atoms with Crippen LogP contribution in [0.15, 0.2) is 91.3 Å². The number of nitrogens with zero attached hydrogens (tertiary/aromatic N) is 3. The van der Waals surface area contributed by atoms with Gasteiger partial charge in [0, 0.05) is 41.8 Å². The lowest BCUT2D eigenvalue weighted by atomic mass is 10.0. The third kappa shape index (κ3) is 5.09. The normalized spacial score (nSPS) is 17.2. The van der Waals surface area contributed by atoms with Crippen molar-refractivity contribution >= 4 is 52.1 Å². The molecule has 0 unspecified atom stereocenters. The molecule has 3 heterocycles. The maximum atomic E-state index is 12.7. The first-order valence-corrected chi connectivity index (χ1v) is 12.6. The number of nitrogens with one attached hydrogen (secondary N) is 2. The van der Waals surface area contributed by atoms with Crippen LogP contribution in [0.1, 0.15) is 29.9 Å². The SMILES string of the molecule is O=C(CCN1C(=S)N[C@@H](c2ccccn2)[C@@H]1c1cccn1-c1ccc(Cl)cc1Cl)Nc1ccccc1. The van der Waals surface area contributed by atoms with Crippen molar-refractivity contribution in [3.8, 4) is 5.69 Å². The van der Waals surface area contributed by atoms with Crippen LogP contribution in [-0.2, 0) is 4.79 Å². The summed E-state index contributed by atoms with van der Waals surface area (Å²) in [6, 6.07) is 24.2. The molecule has 0 aliphatic carbocycles. The lowest BCUT2D eigenvalue weighted by Gasteiger charge is -2.29. The molecule has 0 bridgehead atoms. The van der Waals surface area contributed by atoms with Crippen molar-refractivity contribution in [1.29, 1.82) is 0 Å². The van der Waals surface area contributed by atoms with Crippen LogP contribution in [0.25, 0.3) is 5.69 Å². The van der Waals surface area contributed by atoms with E-state index in [0.29, 0.717) is 21.7 Å².